The van der Waals surface area contributed by atoms with Crippen molar-refractivity contribution in [1.29, 1.82) is 0 Å². The van der Waals surface area contributed by atoms with Gasteiger partial charge in [0.1, 0.15) is 5.82 Å². The number of carboxylic acid groups (broad SMARTS) is 1. The highest BCUT2D eigenvalue weighted by atomic mass is 19.1. The first kappa shape index (κ1) is 21.0. The molecule has 0 aliphatic heterocycles. The van der Waals surface area contributed by atoms with Crippen LogP contribution in [0, 0.1) is 32.0 Å². The zero-order valence-corrected chi connectivity index (χ0v) is 16.8. The van der Waals surface area contributed by atoms with Gasteiger partial charge in [-0.25, -0.2) is 19.2 Å². The van der Waals surface area contributed by atoms with Crippen LogP contribution in [-0.2, 0) is 0 Å². The van der Waals surface area contributed by atoms with Crippen molar-refractivity contribution in [1.82, 2.24) is 15.0 Å². The normalized spacial score (nSPS) is 10.6. The van der Waals surface area contributed by atoms with E-state index in [0.29, 0.717) is 28.4 Å². The van der Waals surface area contributed by atoms with Crippen molar-refractivity contribution in [2.24, 2.45) is 0 Å². The van der Waals surface area contributed by atoms with Crippen LogP contribution in [0.4, 0.5) is 20.8 Å². The van der Waals surface area contributed by atoms with Gasteiger partial charge in [0.05, 0.1) is 5.69 Å². The number of hydrogen-bond donors (Lipinski definition) is 3. The second-order valence-electron chi connectivity index (χ2n) is 6.89. The van der Waals surface area contributed by atoms with E-state index in [0.717, 1.165) is 36.8 Å². The predicted octanol–water partition coefficient (Wildman–Crippen LogP) is 4.75. The van der Waals surface area contributed by atoms with E-state index in [1.165, 1.54) is 12.1 Å². The van der Waals surface area contributed by atoms with Crippen molar-refractivity contribution in [3.63, 3.8) is 0 Å². The van der Waals surface area contributed by atoms with Gasteiger partial charge in [0.25, 0.3) is 0 Å². The number of fused-ring (bicyclic) bond motifs is 1. The summed E-state index contributed by atoms with van der Waals surface area (Å²) in [5, 5.41) is 14.9. The molecule has 7 nitrogen and oxygen atoms in total. The largest absolute Gasteiger partial charge is 0.465 e. The molecule has 3 rings (SSSR count). The minimum Gasteiger partial charge on any atom is -0.465 e. The highest BCUT2D eigenvalue weighted by Gasteiger charge is 2.14. The third-order valence-electron chi connectivity index (χ3n) is 4.64. The molecule has 2 aromatic heterocycles. The first-order valence-electron chi connectivity index (χ1n) is 9.51. The molecule has 0 saturated heterocycles. The molecule has 0 aliphatic carbocycles. The van der Waals surface area contributed by atoms with Gasteiger partial charge in [0.2, 0.25) is 5.95 Å². The summed E-state index contributed by atoms with van der Waals surface area (Å²) >= 11 is 0. The first-order chi connectivity index (χ1) is 14.4. The molecule has 0 fully saturated rings. The number of benzene rings is 1. The summed E-state index contributed by atoms with van der Waals surface area (Å²) < 4.78 is 14.1. The lowest BCUT2D eigenvalue weighted by Crippen LogP contribution is -2.09. The molecule has 0 atom stereocenters. The molecule has 30 heavy (non-hydrogen) atoms. The van der Waals surface area contributed by atoms with E-state index >= 15 is 0 Å². The number of carbonyl (C=O) groups is 1. The van der Waals surface area contributed by atoms with E-state index < -0.39 is 11.9 Å². The average Bonchev–Trinajstić information content (AvgIpc) is 2.69. The fraction of sp³-hybridized carbons (Fsp3) is 0.273. The van der Waals surface area contributed by atoms with Crippen molar-refractivity contribution in [2.45, 2.75) is 33.1 Å². The summed E-state index contributed by atoms with van der Waals surface area (Å²) in [6, 6.07) is 4.65. The second-order valence-corrected chi connectivity index (χ2v) is 6.89. The molecular formula is C22H22FN5O2. The van der Waals surface area contributed by atoms with Crippen molar-refractivity contribution in [2.75, 3.05) is 17.2 Å². The Hall–Kier alpha value is -3.73. The summed E-state index contributed by atoms with van der Waals surface area (Å²) in [4.78, 5) is 24.3. The SMILES string of the molecule is C#CCCCCNc1ncc2cc(-c3cc(NC(=O)O)c(F)cc3C)c(C)nc2n1. The molecule has 154 valence electrons. The van der Waals surface area contributed by atoms with Gasteiger partial charge in [-0.15, -0.1) is 12.3 Å². The summed E-state index contributed by atoms with van der Waals surface area (Å²) in [5.41, 5.74) is 3.23. The molecular weight excluding hydrogens is 385 g/mol. The number of halogens is 1. The quantitative estimate of drug-likeness (QED) is 0.386. The standard InChI is InChI=1S/C22H22FN5O2/c1-4-5-6-7-8-24-21-25-12-15-10-17(14(3)26-20(15)28-21)16-11-19(27-22(29)30)18(23)9-13(16)2/h1,9-12,27H,5-8H2,2-3H3,(H,29,30)(H,24,25,26,28). The Morgan fingerprint density at radius 2 is 2.00 bits per heavy atom. The van der Waals surface area contributed by atoms with Gasteiger partial charge in [-0.2, -0.15) is 4.98 Å². The van der Waals surface area contributed by atoms with E-state index in [-0.39, 0.29) is 5.69 Å². The molecule has 1 aromatic carbocycles. The number of nitrogens with zero attached hydrogens (tertiary/aromatic N) is 3. The van der Waals surface area contributed by atoms with Crippen LogP contribution in [0.25, 0.3) is 22.2 Å². The Balaban J connectivity index is 1.91. The molecule has 0 unspecified atom stereocenters. The molecule has 2 heterocycles. The Morgan fingerprint density at radius 1 is 1.20 bits per heavy atom. The number of unbranched alkanes of at least 4 members (excludes halogenated alkanes) is 2. The third-order valence-corrected chi connectivity index (χ3v) is 4.64. The van der Waals surface area contributed by atoms with Crippen LogP contribution in [0.2, 0.25) is 0 Å². The summed E-state index contributed by atoms with van der Waals surface area (Å²) in [6.07, 6.45) is 8.20. The van der Waals surface area contributed by atoms with Crippen LogP contribution in [0.3, 0.4) is 0 Å². The topological polar surface area (TPSA) is 100 Å². The lowest BCUT2D eigenvalue weighted by atomic mass is 9.97. The number of aromatic nitrogens is 3. The molecule has 3 N–H and O–H groups in total. The van der Waals surface area contributed by atoms with Gasteiger partial charge >= 0.3 is 6.09 Å². The lowest BCUT2D eigenvalue weighted by molar-refractivity contribution is 0.209. The monoisotopic (exact) mass is 407 g/mol. The fourth-order valence-electron chi connectivity index (χ4n) is 3.14. The van der Waals surface area contributed by atoms with E-state index in [1.54, 1.807) is 13.1 Å². The molecule has 0 bridgehead atoms. The van der Waals surface area contributed by atoms with Crippen LogP contribution in [-0.4, -0.2) is 32.7 Å². The number of aryl methyl sites for hydroxylation is 2. The summed E-state index contributed by atoms with van der Waals surface area (Å²) in [7, 11) is 0. The predicted molar refractivity (Wildman–Crippen MR) is 115 cm³/mol. The van der Waals surface area contributed by atoms with Gasteiger partial charge in [-0.3, -0.25) is 5.32 Å². The van der Waals surface area contributed by atoms with Crippen molar-refractivity contribution in [3.05, 3.63) is 41.5 Å². The minimum absolute atomic E-state index is 0.108. The van der Waals surface area contributed by atoms with Crippen molar-refractivity contribution in [3.8, 4) is 23.5 Å². The van der Waals surface area contributed by atoms with Gasteiger partial charge in [-0.05, 0) is 56.0 Å². The maximum atomic E-state index is 14.1. The number of pyridine rings is 1. The van der Waals surface area contributed by atoms with E-state index in [1.807, 2.05) is 13.0 Å². The highest BCUT2D eigenvalue weighted by molar-refractivity contribution is 5.87. The van der Waals surface area contributed by atoms with Crippen LogP contribution < -0.4 is 10.6 Å². The molecule has 0 spiro atoms. The van der Waals surface area contributed by atoms with E-state index in [4.69, 9.17) is 11.5 Å². The van der Waals surface area contributed by atoms with E-state index in [2.05, 4.69) is 31.5 Å². The van der Waals surface area contributed by atoms with E-state index in [9.17, 15) is 9.18 Å². The number of terminal acetylenes is 1. The zero-order valence-electron chi connectivity index (χ0n) is 16.8. The maximum absolute atomic E-state index is 14.1. The first-order valence-corrected chi connectivity index (χ1v) is 9.51. The molecule has 3 aromatic rings. The summed E-state index contributed by atoms with van der Waals surface area (Å²) in [6.45, 7) is 4.31. The number of anilines is 2. The molecule has 8 heteroatoms. The average molecular weight is 407 g/mol. The zero-order chi connectivity index (χ0) is 21.7. The van der Waals surface area contributed by atoms with Gasteiger partial charge in [-0.1, -0.05) is 0 Å². The van der Waals surface area contributed by atoms with Crippen LogP contribution in [0.1, 0.15) is 30.5 Å². The molecule has 0 saturated carbocycles. The summed E-state index contributed by atoms with van der Waals surface area (Å²) in [5.74, 6) is 2.47. The molecule has 0 aliphatic rings. The fourth-order valence-corrected chi connectivity index (χ4v) is 3.14. The number of nitrogens with one attached hydrogen (secondary N) is 2. The number of hydrogen-bond acceptors (Lipinski definition) is 5. The van der Waals surface area contributed by atoms with Crippen LogP contribution in [0.5, 0.6) is 0 Å². The van der Waals surface area contributed by atoms with Crippen molar-refractivity contribution >= 4 is 28.8 Å². The minimum atomic E-state index is -1.33. The molecule has 0 radical (unpaired) electrons. The maximum Gasteiger partial charge on any atom is 0.409 e. The van der Waals surface area contributed by atoms with Gasteiger partial charge in [0.15, 0.2) is 5.65 Å². The third kappa shape index (κ3) is 4.81. The smallest absolute Gasteiger partial charge is 0.409 e. The molecule has 1 amide bonds. The number of rotatable bonds is 7. The van der Waals surface area contributed by atoms with Crippen LogP contribution >= 0.6 is 0 Å². The van der Waals surface area contributed by atoms with Crippen LogP contribution in [0.15, 0.2) is 24.4 Å². The Morgan fingerprint density at radius 3 is 2.73 bits per heavy atom. The Bertz CT molecular complexity index is 1140. The number of amides is 1. The Kier molecular flexibility index (Phi) is 6.42. The Labute approximate surface area is 173 Å². The lowest BCUT2D eigenvalue weighted by Gasteiger charge is -2.13. The van der Waals surface area contributed by atoms with Crippen molar-refractivity contribution < 1.29 is 14.3 Å². The van der Waals surface area contributed by atoms with Gasteiger partial charge < -0.3 is 10.4 Å². The second kappa shape index (κ2) is 9.18. The highest BCUT2D eigenvalue weighted by Crippen LogP contribution is 2.32. The van der Waals surface area contributed by atoms with Gasteiger partial charge in [0, 0.05) is 35.8 Å².